The van der Waals surface area contributed by atoms with Crippen molar-refractivity contribution in [3.05, 3.63) is 0 Å². The highest BCUT2D eigenvalue weighted by atomic mass is 16.5. The summed E-state index contributed by atoms with van der Waals surface area (Å²) in [5.41, 5.74) is 0. The van der Waals surface area contributed by atoms with Gasteiger partial charge in [-0.05, 0) is 19.3 Å². The summed E-state index contributed by atoms with van der Waals surface area (Å²) in [6, 6.07) is -0.0100. The zero-order valence-electron chi connectivity index (χ0n) is 8.57. The van der Waals surface area contributed by atoms with Gasteiger partial charge in [-0.3, -0.25) is 9.69 Å². The Balaban J connectivity index is 1.78. The van der Waals surface area contributed by atoms with Crippen molar-refractivity contribution < 1.29 is 14.3 Å². The fourth-order valence-corrected chi connectivity index (χ4v) is 2.11. The Bertz CT molecular complexity index is 213. The molecule has 0 radical (unpaired) electrons. The van der Waals surface area contributed by atoms with E-state index >= 15 is 0 Å². The van der Waals surface area contributed by atoms with Crippen molar-refractivity contribution in [2.75, 3.05) is 26.8 Å². The zero-order valence-corrected chi connectivity index (χ0v) is 8.57. The summed E-state index contributed by atoms with van der Waals surface area (Å²) in [4.78, 5) is 13.4. The predicted molar refractivity (Wildman–Crippen MR) is 51.0 cm³/mol. The van der Waals surface area contributed by atoms with Gasteiger partial charge in [0, 0.05) is 19.7 Å². The summed E-state index contributed by atoms with van der Waals surface area (Å²) in [5, 5.41) is 0. The van der Waals surface area contributed by atoms with E-state index in [-0.39, 0.29) is 12.0 Å². The van der Waals surface area contributed by atoms with Gasteiger partial charge in [-0.25, -0.2) is 0 Å². The molecule has 0 aromatic carbocycles. The molecule has 4 heteroatoms. The number of carbonyl (C=O) groups is 1. The highest BCUT2D eigenvalue weighted by molar-refractivity contribution is 5.76. The molecule has 2 aliphatic rings. The first-order valence-electron chi connectivity index (χ1n) is 5.24. The lowest BCUT2D eigenvalue weighted by molar-refractivity contribution is -0.152. The molecular weight excluding hydrogens is 182 g/mol. The molecule has 0 saturated carbocycles. The van der Waals surface area contributed by atoms with E-state index < -0.39 is 0 Å². The van der Waals surface area contributed by atoms with Crippen LogP contribution < -0.4 is 0 Å². The molecule has 0 amide bonds. The summed E-state index contributed by atoms with van der Waals surface area (Å²) in [6.45, 7) is 2.76. The van der Waals surface area contributed by atoms with Crippen LogP contribution in [0.5, 0.6) is 0 Å². The second-order valence-electron chi connectivity index (χ2n) is 3.96. The number of methoxy groups -OCH3 is 1. The van der Waals surface area contributed by atoms with Crippen LogP contribution in [0.25, 0.3) is 0 Å². The second kappa shape index (κ2) is 4.28. The molecule has 2 atom stereocenters. The fraction of sp³-hybridized carbons (Fsp3) is 0.900. The largest absolute Gasteiger partial charge is 0.468 e. The highest BCUT2D eigenvalue weighted by Crippen LogP contribution is 2.22. The quantitative estimate of drug-likeness (QED) is 0.617. The number of hydrogen-bond acceptors (Lipinski definition) is 4. The molecule has 2 heterocycles. The molecule has 2 saturated heterocycles. The van der Waals surface area contributed by atoms with E-state index in [9.17, 15) is 4.79 Å². The molecular formula is C10H17NO3. The minimum Gasteiger partial charge on any atom is -0.468 e. The molecule has 80 valence electrons. The Morgan fingerprint density at radius 1 is 1.57 bits per heavy atom. The number of ether oxygens (including phenoxy) is 2. The number of likely N-dealkylation sites (tertiary alicyclic amines) is 1. The van der Waals surface area contributed by atoms with E-state index in [1.54, 1.807) is 0 Å². The average Bonchev–Trinajstić information content (AvgIpc) is 2.64. The van der Waals surface area contributed by atoms with Gasteiger partial charge >= 0.3 is 5.97 Å². The minimum atomic E-state index is -0.103. The van der Waals surface area contributed by atoms with Gasteiger partial charge in [0.15, 0.2) is 0 Å². The second-order valence-corrected chi connectivity index (χ2v) is 3.96. The molecule has 0 aromatic rings. The number of esters is 1. The van der Waals surface area contributed by atoms with Crippen LogP contribution in [0.15, 0.2) is 0 Å². The van der Waals surface area contributed by atoms with Crippen LogP contribution in [0.4, 0.5) is 0 Å². The lowest BCUT2D eigenvalue weighted by atomic mass is 10.0. The maximum absolute atomic E-state index is 11.3. The maximum Gasteiger partial charge on any atom is 0.323 e. The third kappa shape index (κ3) is 1.91. The molecule has 2 fully saturated rings. The Labute approximate surface area is 84.2 Å². The van der Waals surface area contributed by atoms with E-state index in [2.05, 4.69) is 4.90 Å². The number of rotatable bonds is 3. The molecule has 4 nitrogen and oxygen atoms in total. The third-order valence-corrected chi connectivity index (χ3v) is 3.07. The van der Waals surface area contributed by atoms with Crippen molar-refractivity contribution in [2.45, 2.75) is 31.4 Å². The van der Waals surface area contributed by atoms with Crippen LogP contribution in [0.2, 0.25) is 0 Å². The van der Waals surface area contributed by atoms with E-state index in [1.807, 2.05) is 0 Å². The third-order valence-electron chi connectivity index (χ3n) is 3.07. The van der Waals surface area contributed by atoms with Gasteiger partial charge in [-0.2, -0.15) is 0 Å². The first kappa shape index (κ1) is 9.93. The lowest BCUT2D eigenvalue weighted by Crippen LogP contribution is -2.54. The van der Waals surface area contributed by atoms with Gasteiger partial charge in [0.1, 0.15) is 6.04 Å². The van der Waals surface area contributed by atoms with Crippen molar-refractivity contribution in [3.63, 3.8) is 0 Å². The molecule has 0 aromatic heterocycles. The van der Waals surface area contributed by atoms with Gasteiger partial charge in [0.05, 0.1) is 13.2 Å². The molecule has 0 spiro atoms. The molecule has 0 N–H and O–H groups in total. The van der Waals surface area contributed by atoms with Crippen LogP contribution in [0.1, 0.15) is 19.3 Å². The van der Waals surface area contributed by atoms with Crippen LogP contribution >= 0.6 is 0 Å². The monoisotopic (exact) mass is 199 g/mol. The lowest BCUT2D eigenvalue weighted by Gasteiger charge is -2.39. The van der Waals surface area contributed by atoms with E-state index in [1.165, 1.54) is 7.11 Å². The number of nitrogens with zero attached hydrogens (tertiary/aromatic N) is 1. The Kier molecular flexibility index (Phi) is 3.03. The Morgan fingerprint density at radius 2 is 2.43 bits per heavy atom. The summed E-state index contributed by atoms with van der Waals surface area (Å²) < 4.78 is 10.3. The molecule has 0 unspecified atom stereocenters. The van der Waals surface area contributed by atoms with Crippen molar-refractivity contribution in [2.24, 2.45) is 0 Å². The average molecular weight is 199 g/mol. The SMILES string of the molecule is COC(=O)[C@@H]1CCN1C[C@H]1CCCO1. The maximum atomic E-state index is 11.3. The van der Waals surface area contributed by atoms with E-state index in [0.717, 1.165) is 39.0 Å². The first-order chi connectivity index (χ1) is 6.81. The van der Waals surface area contributed by atoms with Crippen molar-refractivity contribution >= 4 is 5.97 Å². The van der Waals surface area contributed by atoms with Gasteiger partial charge in [-0.1, -0.05) is 0 Å². The summed E-state index contributed by atoms with van der Waals surface area (Å²) in [6.07, 6.45) is 3.55. The van der Waals surface area contributed by atoms with Crippen LogP contribution in [0.3, 0.4) is 0 Å². The Hall–Kier alpha value is -0.610. The zero-order chi connectivity index (χ0) is 9.97. The summed E-state index contributed by atoms with van der Waals surface area (Å²) in [7, 11) is 1.45. The fourth-order valence-electron chi connectivity index (χ4n) is 2.11. The highest BCUT2D eigenvalue weighted by Gasteiger charge is 2.36. The Morgan fingerprint density at radius 3 is 2.93 bits per heavy atom. The van der Waals surface area contributed by atoms with Gasteiger partial charge in [0.25, 0.3) is 0 Å². The van der Waals surface area contributed by atoms with Crippen LogP contribution in [-0.2, 0) is 14.3 Å². The van der Waals surface area contributed by atoms with Crippen molar-refractivity contribution in [1.29, 1.82) is 0 Å². The van der Waals surface area contributed by atoms with Crippen LogP contribution in [0, 0.1) is 0 Å². The smallest absolute Gasteiger partial charge is 0.323 e. The molecule has 0 bridgehead atoms. The van der Waals surface area contributed by atoms with Crippen molar-refractivity contribution in [1.82, 2.24) is 4.90 Å². The van der Waals surface area contributed by atoms with Crippen LogP contribution in [-0.4, -0.2) is 49.8 Å². The summed E-state index contributed by atoms with van der Waals surface area (Å²) in [5.74, 6) is -0.103. The van der Waals surface area contributed by atoms with Gasteiger partial charge < -0.3 is 9.47 Å². The molecule has 2 aliphatic heterocycles. The summed E-state index contributed by atoms with van der Waals surface area (Å²) >= 11 is 0. The first-order valence-corrected chi connectivity index (χ1v) is 5.24. The van der Waals surface area contributed by atoms with E-state index in [0.29, 0.717) is 6.10 Å². The topological polar surface area (TPSA) is 38.8 Å². The predicted octanol–water partition coefficient (Wildman–Crippen LogP) is 0.413. The standard InChI is InChI=1S/C10H17NO3/c1-13-10(12)9-4-5-11(9)7-8-3-2-6-14-8/h8-9H,2-7H2,1H3/t8-,9+/m1/s1. The molecule has 0 aliphatic carbocycles. The number of carbonyl (C=O) groups excluding carboxylic acids is 1. The normalized spacial score (nSPS) is 32.6. The molecule has 14 heavy (non-hydrogen) atoms. The number of hydrogen-bond donors (Lipinski definition) is 0. The molecule has 2 rings (SSSR count). The minimum absolute atomic E-state index is 0.0100. The van der Waals surface area contributed by atoms with Crippen molar-refractivity contribution in [3.8, 4) is 0 Å². The van der Waals surface area contributed by atoms with Gasteiger partial charge in [-0.15, -0.1) is 0 Å². The van der Waals surface area contributed by atoms with Gasteiger partial charge in [0.2, 0.25) is 0 Å². The van der Waals surface area contributed by atoms with E-state index in [4.69, 9.17) is 9.47 Å².